The van der Waals surface area contributed by atoms with Crippen LogP contribution in [0, 0.1) is 0 Å². The van der Waals surface area contributed by atoms with Crippen molar-refractivity contribution in [2.75, 3.05) is 0 Å². The van der Waals surface area contributed by atoms with Gasteiger partial charge in [-0.2, -0.15) is 12.6 Å². The van der Waals surface area contributed by atoms with Crippen LogP contribution in [0.15, 0.2) is 36.0 Å². The van der Waals surface area contributed by atoms with Crippen molar-refractivity contribution in [3.63, 3.8) is 0 Å². The fourth-order valence-corrected chi connectivity index (χ4v) is 0.662. The van der Waals surface area contributed by atoms with Gasteiger partial charge in [0.1, 0.15) is 0 Å². The first-order chi connectivity index (χ1) is 5.07. The van der Waals surface area contributed by atoms with Crippen LogP contribution in [0.3, 0.4) is 0 Å². The summed E-state index contributed by atoms with van der Waals surface area (Å²) in [5, 5.41) is 0.322. The molecular weight excluding hydrogens is 152 g/mol. The van der Waals surface area contributed by atoms with Crippen LogP contribution in [-0.4, -0.2) is 5.25 Å². The molecule has 0 heterocycles. The van der Waals surface area contributed by atoms with Gasteiger partial charge < -0.3 is 0 Å². The number of thiol groups is 1. The predicted molar refractivity (Wildman–Crippen MR) is 56.2 cm³/mol. The second-order valence-electron chi connectivity index (χ2n) is 2.67. The molecule has 0 aromatic heterocycles. The molecule has 11 heavy (non-hydrogen) atoms. The first-order valence-electron chi connectivity index (χ1n) is 3.74. The van der Waals surface area contributed by atoms with Crippen LogP contribution in [0.25, 0.3) is 0 Å². The van der Waals surface area contributed by atoms with Crippen molar-refractivity contribution in [2.45, 2.75) is 26.0 Å². The van der Waals surface area contributed by atoms with E-state index in [-0.39, 0.29) is 0 Å². The van der Waals surface area contributed by atoms with Crippen molar-refractivity contribution in [3.8, 4) is 0 Å². The Bertz CT molecular complexity index is 185. The van der Waals surface area contributed by atoms with Crippen molar-refractivity contribution in [2.24, 2.45) is 0 Å². The quantitative estimate of drug-likeness (QED) is 0.484. The second kappa shape index (κ2) is 5.25. The molecule has 0 rings (SSSR count). The first-order valence-corrected chi connectivity index (χ1v) is 4.25. The van der Waals surface area contributed by atoms with E-state index in [1.54, 1.807) is 0 Å². The summed E-state index contributed by atoms with van der Waals surface area (Å²) >= 11 is 4.24. The molecule has 0 nitrogen and oxygen atoms in total. The van der Waals surface area contributed by atoms with E-state index in [0.29, 0.717) is 5.25 Å². The molecule has 1 atom stereocenters. The van der Waals surface area contributed by atoms with Gasteiger partial charge in [-0.3, -0.25) is 0 Å². The largest absolute Gasteiger partial charge is 0.172 e. The summed E-state index contributed by atoms with van der Waals surface area (Å²) in [5.74, 6) is 0. The summed E-state index contributed by atoms with van der Waals surface area (Å²) < 4.78 is 0. The summed E-state index contributed by atoms with van der Waals surface area (Å²) in [7, 11) is 0. The normalized spacial score (nSPS) is 16.4. The van der Waals surface area contributed by atoms with Crippen LogP contribution in [0.5, 0.6) is 0 Å². The van der Waals surface area contributed by atoms with Crippen LogP contribution >= 0.6 is 12.6 Å². The highest BCUT2D eigenvalue weighted by Crippen LogP contribution is 2.06. The average Bonchev–Trinajstić information content (AvgIpc) is 1.98. The molecule has 1 heteroatoms. The van der Waals surface area contributed by atoms with E-state index in [4.69, 9.17) is 0 Å². The SMILES string of the molecule is C=C/C(C)=C(C)\C=C/C(C)S. The summed E-state index contributed by atoms with van der Waals surface area (Å²) in [6.07, 6.45) is 6.00. The fraction of sp³-hybridized carbons (Fsp3) is 0.400. The van der Waals surface area contributed by atoms with E-state index in [9.17, 15) is 0 Å². The lowest BCUT2D eigenvalue weighted by atomic mass is 10.1. The minimum absolute atomic E-state index is 0.322. The third-order valence-corrected chi connectivity index (χ3v) is 1.73. The number of allylic oxidation sites excluding steroid dienone is 4. The molecule has 62 valence electrons. The highest BCUT2D eigenvalue weighted by atomic mass is 32.1. The van der Waals surface area contributed by atoms with E-state index < -0.39 is 0 Å². The van der Waals surface area contributed by atoms with E-state index in [1.165, 1.54) is 11.1 Å². The van der Waals surface area contributed by atoms with Crippen LogP contribution in [-0.2, 0) is 0 Å². The van der Waals surface area contributed by atoms with Gasteiger partial charge >= 0.3 is 0 Å². The van der Waals surface area contributed by atoms with Gasteiger partial charge in [0.15, 0.2) is 0 Å². The molecule has 0 aromatic rings. The summed E-state index contributed by atoms with van der Waals surface area (Å²) in [6, 6.07) is 0. The first kappa shape index (κ1) is 10.6. The van der Waals surface area contributed by atoms with E-state index in [2.05, 4.69) is 45.2 Å². The van der Waals surface area contributed by atoms with Crippen LogP contribution in [0.1, 0.15) is 20.8 Å². The molecule has 0 saturated carbocycles. The third-order valence-electron chi connectivity index (χ3n) is 1.55. The zero-order valence-electron chi connectivity index (χ0n) is 7.46. The Hall–Kier alpha value is -0.430. The van der Waals surface area contributed by atoms with Crippen LogP contribution in [0.4, 0.5) is 0 Å². The van der Waals surface area contributed by atoms with Gasteiger partial charge in [-0.15, -0.1) is 0 Å². The monoisotopic (exact) mass is 168 g/mol. The average molecular weight is 168 g/mol. The molecule has 0 aliphatic heterocycles. The standard InChI is InChI=1S/C10H16S/c1-5-8(2)9(3)6-7-10(4)11/h5-7,10-11H,1H2,2-4H3/b7-6-,9-8-. The Labute approximate surface area is 75.1 Å². The van der Waals surface area contributed by atoms with Crippen molar-refractivity contribution < 1.29 is 0 Å². The lowest BCUT2D eigenvalue weighted by molar-refractivity contribution is 1.24. The Morgan fingerprint density at radius 3 is 2.27 bits per heavy atom. The molecule has 0 radical (unpaired) electrons. The molecule has 0 aromatic carbocycles. The highest BCUT2D eigenvalue weighted by Gasteiger charge is 1.88. The minimum atomic E-state index is 0.322. The maximum absolute atomic E-state index is 4.24. The molecule has 0 N–H and O–H groups in total. The molecular formula is C10H16S. The van der Waals surface area contributed by atoms with Crippen LogP contribution in [0.2, 0.25) is 0 Å². The zero-order valence-corrected chi connectivity index (χ0v) is 8.36. The van der Waals surface area contributed by atoms with Gasteiger partial charge in [0.25, 0.3) is 0 Å². The number of hydrogen-bond donors (Lipinski definition) is 1. The van der Waals surface area contributed by atoms with E-state index in [0.717, 1.165) is 0 Å². The Balaban J connectivity index is 4.26. The van der Waals surface area contributed by atoms with E-state index >= 15 is 0 Å². The Kier molecular flexibility index (Phi) is 5.05. The number of hydrogen-bond acceptors (Lipinski definition) is 1. The maximum atomic E-state index is 4.24. The van der Waals surface area contributed by atoms with Gasteiger partial charge in [0.2, 0.25) is 0 Å². The van der Waals surface area contributed by atoms with Gasteiger partial charge in [-0.25, -0.2) is 0 Å². The molecule has 1 unspecified atom stereocenters. The molecule has 0 bridgehead atoms. The van der Waals surface area contributed by atoms with Gasteiger partial charge in [0, 0.05) is 5.25 Å². The third kappa shape index (κ3) is 4.91. The fourth-order valence-electron chi connectivity index (χ4n) is 0.576. The summed E-state index contributed by atoms with van der Waals surface area (Å²) in [4.78, 5) is 0. The summed E-state index contributed by atoms with van der Waals surface area (Å²) in [6.45, 7) is 9.86. The predicted octanol–water partition coefficient (Wildman–Crippen LogP) is 3.38. The van der Waals surface area contributed by atoms with Gasteiger partial charge in [0.05, 0.1) is 0 Å². The Morgan fingerprint density at radius 2 is 1.91 bits per heavy atom. The summed E-state index contributed by atoms with van der Waals surface area (Å²) in [5.41, 5.74) is 2.47. The molecule has 0 spiro atoms. The van der Waals surface area contributed by atoms with Gasteiger partial charge in [-0.1, -0.05) is 24.8 Å². The second-order valence-corrected chi connectivity index (χ2v) is 3.48. The van der Waals surface area contributed by atoms with Crippen molar-refractivity contribution in [1.29, 1.82) is 0 Å². The molecule has 0 saturated heterocycles. The lowest BCUT2D eigenvalue weighted by Gasteiger charge is -1.97. The minimum Gasteiger partial charge on any atom is -0.172 e. The van der Waals surface area contributed by atoms with Crippen molar-refractivity contribution >= 4 is 12.6 Å². The molecule has 0 amide bonds. The van der Waals surface area contributed by atoms with E-state index in [1.807, 2.05) is 13.0 Å². The Morgan fingerprint density at radius 1 is 1.36 bits per heavy atom. The topological polar surface area (TPSA) is 0 Å². The molecule has 0 aliphatic carbocycles. The zero-order chi connectivity index (χ0) is 8.85. The maximum Gasteiger partial charge on any atom is 0.0171 e. The van der Waals surface area contributed by atoms with Gasteiger partial charge in [-0.05, 0) is 31.9 Å². The smallest absolute Gasteiger partial charge is 0.0171 e. The molecule has 0 fully saturated rings. The number of rotatable bonds is 3. The molecule has 0 aliphatic rings. The highest BCUT2D eigenvalue weighted by molar-refractivity contribution is 7.81. The van der Waals surface area contributed by atoms with Crippen molar-refractivity contribution in [3.05, 3.63) is 36.0 Å². The van der Waals surface area contributed by atoms with Crippen LogP contribution < -0.4 is 0 Å². The van der Waals surface area contributed by atoms with Crippen molar-refractivity contribution in [1.82, 2.24) is 0 Å². The lowest BCUT2D eigenvalue weighted by Crippen LogP contribution is -1.82.